The Morgan fingerprint density at radius 3 is 3.05 bits per heavy atom. The minimum Gasteiger partial charge on any atom is -0.490 e. The third kappa shape index (κ3) is 2.65. The zero-order valence-corrected chi connectivity index (χ0v) is 10.5. The van der Waals surface area contributed by atoms with Crippen molar-refractivity contribution in [1.82, 2.24) is 14.5 Å². The minimum atomic E-state index is -0.0860. The highest BCUT2D eigenvalue weighted by atomic mass is 16.5. The van der Waals surface area contributed by atoms with Gasteiger partial charge in [0.05, 0.1) is 6.61 Å². The standard InChI is InChI=1S/C12H15N5O2/c1-2-8-19-9-4-3-5-14-11(9)17-7-6-15-12(17)10(13)16-18/h3-7,18H,2,8H2,1H3,(H2,13,16). The van der Waals surface area contributed by atoms with Crippen molar-refractivity contribution in [2.75, 3.05) is 6.61 Å². The van der Waals surface area contributed by atoms with Crippen LogP contribution in [0.15, 0.2) is 35.9 Å². The van der Waals surface area contributed by atoms with Crippen molar-refractivity contribution in [3.05, 3.63) is 36.5 Å². The van der Waals surface area contributed by atoms with Crippen LogP contribution in [0.25, 0.3) is 5.82 Å². The molecule has 0 aliphatic rings. The number of oxime groups is 1. The van der Waals surface area contributed by atoms with Crippen LogP contribution in [0.1, 0.15) is 19.2 Å². The Balaban J connectivity index is 2.44. The molecular weight excluding hydrogens is 246 g/mol. The Hall–Kier alpha value is -2.57. The van der Waals surface area contributed by atoms with Gasteiger partial charge in [-0.25, -0.2) is 9.97 Å². The molecule has 0 aliphatic carbocycles. The molecule has 19 heavy (non-hydrogen) atoms. The second-order valence-electron chi connectivity index (χ2n) is 3.78. The summed E-state index contributed by atoms with van der Waals surface area (Å²) in [5.74, 6) is 1.39. The Bertz CT molecular complexity index is 579. The lowest BCUT2D eigenvalue weighted by Crippen LogP contribution is -2.19. The number of pyridine rings is 1. The molecule has 7 nitrogen and oxygen atoms in total. The third-order valence-corrected chi connectivity index (χ3v) is 2.42. The molecule has 0 bridgehead atoms. The first-order valence-electron chi connectivity index (χ1n) is 5.87. The highest BCUT2D eigenvalue weighted by Gasteiger charge is 2.14. The fourth-order valence-electron chi connectivity index (χ4n) is 1.60. The summed E-state index contributed by atoms with van der Waals surface area (Å²) in [4.78, 5) is 8.29. The van der Waals surface area contributed by atoms with Gasteiger partial charge in [0, 0.05) is 18.6 Å². The molecule has 2 rings (SSSR count). The maximum absolute atomic E-state index is 8.75. The monoisotopic (exact) mass is 261 g/mol. The fraction of sp³-hybridized carbons (Fsp3) is 0.250. The molecule has 0 radical (unpaired) electrons. The molecule has 0 spiro atoms. The van der Waals surface area contributed by atoms with Crippen molar-refractivity contribution < 1.29 is 9.94 Å². The van der Waals surface area contributed by atoms with Crippen LogP contribution in [-0.2, 0) is 0 Å². The Labute approximate surface area is 110 Å². The fourth-order valence-corrected chi connectivity index (χ4v) is 1.60. The van der Waals surface area contributed by atoms with Gasteiger partial charge in [0.2, 0.25) is 5.84 Å². The molecule has 100 valence electrons. The molecule has 2 heterocycles. The van der Waals surface area contributed by atoms with Crippen LogP contribution in [0.3, 0.4) is 0 Å². The van der Waals surface area contributed by atoms with Crippen LogP contribution >= 0.6 is 0 Å². The van der Waals surface area contributed by atoms with E-state index in [-0.39, 0.29) is 5.84 Å². The smallest absolute Gasteiger partial charge is 0.206 e. The zero-order chi connectivity index (χ0) is 13.7. The summed E-state index contributed by atoms with van der Waals surface area (Å²) in [7, 11) is 0. The van der Waals surface area contributed by atoms with Crippen molar-refractivity contribution in [3.63, 3.8) is 0 Å². The Morgan fingerprint density at radius 2 is 2.32 bits per heavy atom. The second-order valence-corrected chi connectivity index (χ2v) is 3.78. The van der Waals surface area contributed by atoms with E-state index in [9.17, 15) is 0 Å². The van der Waals surface area contributed by atoms with Crippen LogP contribution in [0, 0.1) is 0 Å². The molecule has 0 aromatic carbocycles. The molecule has 0 saturated heterocycles. The lowest BCUT2D eigenvalue weighted by molar-refractivity contribution is 0.314. The number of rotatable bonds is 5. The van der Waals surface area contributed by atoms with E-state index in [0.717, 1.165) is 6.42 Å². The van der Waals surface area contributed by atoms with Gasteiger partial charge in [-0.15, -0.1) is 0 Å². The van der Waals surface area contributed by atoms with Gasteiger partial charge in [-0.2, -0.15) is 0 Å². The minimum absolute atomic E-state index is 0.0860. The van der Waals surface area contributed by atoms with Gasteiger partial charge in [0.15, 0.2) is 17.4 Å². The van der Waals surface area contributed by atoms with Crippen LogP contribution < -0.4 is 10.5 Å². The summed E-state index contributed by atoms with van der Waals surface area (Å²) in [6.45, 7) is 2.61. The van der Waals surface area contributed by atoms with Gasteiger partial charge in [-0.3, -0.25) is 4.57 Å². The first kappa shape index (κ1) is 12.9. The van der Waals surface area contributed by atoms with E-state index >= 15 is 0 Å². The quantitative estimate of drug-likeness (QED) is 0.364. The van der Waals surface area contributed by atoms with E-state index in [1.807, 2.05) is 13.0 Å². The molecule has 0 fully saturated rings. The SMILES string of the molecule is CCCOc1cccnc1-n1ccnc1/C(N)=N/O. The highest BCUT2D eigenvalue weighted by Crippen LogP contribution is 2.21. The molecule has 3 N–H and O–H groups in total. The number of hydrogen-bond acceptors (Lipinski definition) is 5. The van der Waals surface area contributed by atoms with Crippen molar-refractivity contribution in [1.29, 1.82) is 0 Å². The van der Waals surface area contributed by atoms with Gasteiger partial charge in [0.1, 0.15) is 0 Å². The Morgan fingerprint density at radius 1 is 1.47 bits per heavy atom. The topological polar surface area (TPSA) is 98.5 Å². The molecule has 7 heteroatoms. The summed E-state index contributed by atoms with van der Waals surface area (Å²) in [5, 5.41) is 11.7. The largest absolute Gasteiger partial charge is 0.490 e. The van der Waals surface area contributed by atoms with Crippen molar-refractivity contribution in [2.45, 2.75) is 13.3 Å². The van der Waals surface area contributed by atoms with Crippen molar-refractivity contribution in [3.8, 4) is 11.6 Å². The van der Waals surface area contributed by atoms with Gasteiger partial charge in [0.25, 0.3) is 0 Å². The Kier molecular flexibility index (Phi) is 3.97. The van der Waals surface area contributed by atoms with Gasteiger partial charge in [-0.05, 0) is 18.6 Å². The van der Waals surface area contributed by atoms with E-state index in [1.165, 1.54) is 0 Å². The molecule has 0 saturated carbocycles. The number of amidine groups is 1. The van der Waals surface area contributed by atoms with Crippen molar-refractivity contribution >= 4 is 5.84 Å². The number of aromatic nitrogens is 3. The zero-order valence-electron chi connectivity index (χ0n) is 10.5. The number of nitrogens with zero attached hydrogens (tertiary/aromatic N) is 4. The van der Waals surface area contributed by atoms with Gasteiger partial charge < -0.3 is 15.7 Å². The second kappa shape index (κ2) is 5.85. The summed E-state index contributed by atoms with van der Waals surface area (Å²) < 4.78 is 7.24. The van der Waals surface area contributed by atoms with Crippen LogP contribution in [0.4, 0.5) is 0 Å². The van der Waals surface area contributed by atoms with E-state index < -0.39 is 0 Å². The summed E-state index contributed by atoms with van der Waals surface area (Å²) >= 11 is 0. The third-order valence-electron chi connectivity index (χ3n) is 2.42. The maximum atomic E-state index is 8.75. The average Bonchev–Trinajstić information content (AvgIpc) is 2.93. The van der Waals surface area contributed by atoms with Crippen molar-refractivity contribution in [2.24, 2.45) is 10.9 Å². The number of nitrogens with two attached hydrogens (primary N) is 1. The van der Waals surface area contributed by atoms with Crippen LogP contribution in [0.2, 0.25) is 0 Å². The molecule has 0 atom stereocenters. The van der Waals surface area contributed by atoms with Gasteiger partial charge >= 0.3 is 0 Å². The lowest BCUT2D eigenvalue weighted by atomic mass is 10.4. The molecule has 0 aliphatic heterocycles. The predicted octanol–water partition coefficient (Wildman–Crippen LogP) is 1.15. The van der Waals surface area contributed by atoms with E-state index in [2.05, 4.69) is 15.1 Å². The van der Waals surface area contributed by atoms with E-state index in [0.29, 0.717) is 24.0 Å². The summed E-state index contributed by atoms with van der Waals surface area (Å²) in [6, 6.07) is 3.60. The summed E-state index contributed by atoms with van der Waals surface area (Å²) in [6.07, 6.45) is 5.76. The molecule has 0 unspecified atom stereocenters. The number of ether oxygens (including phenoxy) is 1. The van der Waals surface area contributed by atoms with Crippen LogP contribution in [-0.4, -0.2) is 32.2 Å². The molecule has 0 amide bonds. The van der Waals surface area contributed by atoms with E-state index in [1.54, 1.807) is 29.2 Å². The first-order chi connectivity index (χ1) is 9.27. The number of imidazole rings is 1. The first-order valence-corrected chi connectivity index (χ1v) is 5.87. The molecular formula is C12H15N5O2. The van der Waals surface area contributed by atoms with Crippen LogP contribution in [0.5, 0.6) is 5.75 Å². The molecule has 2 aromatic heterocycles. The predicted molar refractivity (Wildman–Crippen MR) is 69.7 cm³/mol. The normalized spacial score (nSPS) is 11.5. The highest BCUT2D eigenvalue weighted by molar-refractivity contribution is 5.94. The van der Waals surface area contributed by atoms with E-state index in [4.69, 9.17) is 15.7 Å². The van der Waals surface area contributed by atoms with Gasteiger partial charge in [-0.1, -0.05) is 12.1 Å². The summed E-state index contributed by atoms with van der Waals surface area (Å²) in [5.41, 5.74) is 5.58. The number of hydrogen-bond donors (Lipinski definition) is 2. The lowest BCUT2D eigenvalue weighted by Gasteiger charge is -2.11. The average molecular weight is 261 g/mol. The molecule has 2 aromatic rings. The maximum Gasteiger partial charge on any atom is 0.206 e.